The number of aromatic nitrogens is 2. The van der Waals surface area contributed by atoms with Crippen LogP contribution in [0.15, 0.2) is 48.5 Å². The van der Waals surface area contributed by atoms with E-state index in [1.807, 2.05) is 7.11 Å². The first kappa shape index (κ1) is 20.3. The van der Waals surface area contributed by atoms with Gasteiger partial charge in [-0.25, -0.2) is 0 Å². The van der Waals surface area contributed by atoms with E-state index in [2.05, 4.69) is 82.3 Å². The largest absolute Gasteiger partial charge is 0.361 e. The molecule has 6 nitrogen and oxygen atoms in total. The molecule has 3 aliphatic rings. The molecule has 5 unspecified atom stereocenters. The van der Waals surface area contributed by atoms with E-state index in [1.165, 1.54) is 44.3 Å². The van der Waals surface area contributed by atoms with Gasteiger partial charge in [0.25, 0.3) is 0 Å². The van der Waals surface area contributed by atoms with Gasteiger partial charge in [0.15, 0.2) is 0 Å². The molecule has 174 valence electrons. The number of ether oxygens (including phenoxy) is 1. The van der Waals surface area contributed by atoms with Gasteiger partial charge < -0.3 is 24.5 Å². The predicted molar refractivity (Wildman–Crippen MR) is 134 cm³/mol. The molecule has 34 heavy (non-hydrogen) atoms. The lowest BCUT2D eigenvalue weighted by atomic mass is 9.76. The first-order valence-electron chi connectivity index (χ1n) is 12.4. The van der Waals surface area contributed by atoms with Crippen LogP contribution >= 0.6 is 0 Å². The maximum absolute atomic E-state index is 13.3. The molecule has 1 aliphatic carbocycles. The summed E-state index contributed by atoms with van der Waals surface area (Å²) in [6, 6.07) is 17.5. The van der Waals surface area contributed by atoms with E-state index in [1.54, 1.807) is 0 Å². The maximum atomic E-state index is 13.3. The molecular weight excluding hydrogens is 424 g/mol. The van der Waals surface area contributed by atoms with Gasteiger partial charge in [-0.2, -0.15) is 0 Å². The number of likely N-dealkylation sites (N-methyl/N-ethyl adjacent to an activating group) is 1. The molecule has 2 aromatic heterocycles. The fraction of sp³-hybridized carbons (Fsp3) is 0.393. The summed E-state index contributed by atoms with van der Waals surface area (Å²) in [6.45, 7) is 3.78. The van der Waals surface area contributed by atoms with Crippen molar-refractivity contribution in [3.63, 3.8) is 0 Å². The SMILES string of the molecule is CCC1C(NC)Cn2c3c(c4ccccc42)C2C(=O)NCC2c2c-3n(c3ccccc23)C1OC. The fourth-order valence-corrected chi connectivity index (χ4v) is 7.28. The number of hydrogen-bond donors (Lipinski definition) is 2. The molecule has 1 amide bonds. The topological polar surface area (TPSA) is 60.2 Å². The van der Waals surface area contributed by atoms with Crippen molar-refractivity contribution < 1.29 is 9.53 Å². The summed E-state index contributed by atoms with van der Waals surface area (Å²) in [5.41, 5.74) is 7.33. The Balaban J connectivity index is 1.71. The minimum Gasteiger partial charge on any atom is -0.361 e. The number of hydrogen-bond acceptors (Lipinski definition) is 3. The van der Waals surface area contributed by atoms with E-state index in [0.29, 0.717) is 6.54 Å². The number of rotatable bonds is 3. The van der Waals surface area contributed by atoms with Crippen molar-refractivity contribution in [2.45, 2.75) is 44.0 Å². The van der Waals surface area contributed by atoms with Crippen LogP contribution < -0.4 is 10.6 Å². The van der Waals surface area contributed by atoms with Crippen LogP contribution in [0.2, 0.25) is 0 Å². The maximum Gasteiger partial charge on any atom is 0.228 e. The molecule has 4 aromatic rings. The number of nitrogens with zero attached hydrogens (tertiary/aromatic N) is 2. The molecule has 1 fully saturated rings. The van der Waals surface area contributed by atoms with Crippen LogP contribution in [-0.4, -0.2) is 41.8 Å². The van der Waals surface area contributed by atoms with Crippen molar-refractivity contribution in [2.24, 2.45) is 5.92 Å². The van der Waals surface area contributed by atoms with Crippen LogP contribution in [0.25, 0.3) is 33.2 Å². The zero-order chi connectivity index (χ0) is 23.1. The van der Waals surface area contributed by atoms with Gasteiger partial charge in [0, 0.05) is 59.9 Å². The third-order valence-electron chi connectivity index (χ3n) is 8.65. The van der Waals surface area contributed by atoms with Crippen LogP contribution in [0.3, 0.4) is 0 Å². The standard InChI is InChI=1S/C28H30N4O2/c1-4-15-19(29-2)14-31-20-11-7-5-9-16(20)23-24-18(13-30-27(24)33)22-17-10-6-8-12-21(17)32(28(15)34-3)26(22)25(23)31/h5-12,15,18-19,24,28-29H,4,13-14H2,1-3H3,(H,30,33). The first-order chi connectivity index (χ1) is 16.7. The van der Waals surface area contributed by atoms with Gasteiger partial charge in [-0.1, -0.05) is 43.3 Å². The Bertz CT molecular complexity index is 1460. The second kappa shape index (κ2) is 7.20. The number of fused-ring (bicyclic) bond motifs is 9. The van der Waals surface area contributed by atoms with Crippen LogP contribution in [0.1, 0.15) is 42.5 Å². The molecular formula is C28H30N4O2. The molecule has 7 rings (SSSR count). The van der Waals surface area contributed by atoms with Crippen molar-refractivity contribution in [3.8, 4) is 11.4 Å². The molecule has 6 heteroatoms. The minimum absolute atomic E-state index is 0.0997. The number of methoxy groups -OCH3 is 1. The average molecular weight is 455 g/mol. The van der Waals surface area contributed by atoms with E-state index < -0.39 is 0 Å². The van der Waals surface area contributed by atoms with Gasteiger partial charge in [-0.15, -0.1) is 0 Å². The van der Waals surface area contributed by atoms with Crippen molar-refractivity contribution in [2.75, 3.05) is 20.7 Å². The lowest BCUT2D eigenvalue weighted by Crippen LogP contribution is -2.43. The third kappa shape index (κ3) is 2.35. The fourth-order valence-electron chi connectivity index (χ4n) is 7.28. The Morgan fingerprint density at radius 2 is 1.74 bits per heavy atom. The second-order valence-corrected chi connectivity index (χ2v) is 9.96. The van der Waals surface area contributed by atoms with Crippen molar-refractivity contribution in [1.82, 2.24) is 19.8 Å². The molecule has 2 aromatic carbocycles. The predicted octanol–water partition coefficient (Wildman–Crippen LogP) is 4.35. The van der Waals surface area contributed by atoms with Crippen LogP contribution in [-0.2, 0) is 16.1 Å². The van der Waals surface area contributed by atoms with Gasteiger partial charge in [-0.05, 0) is 31.2 Å². The number of amides is 1. The Kier molecular flexibility index (Phi) is 4.30. The van der Waals surface area contributed by atoms with Crippen LogP contribution in [0.5, 0.6) is 0 Å². The highest BCUT2D eigenvalue weighted by molar-refractivity contribution is 6.05. The summed E-state index contributed by atoms with van der Waals surface area (Å²) < 4.78 is 11.3. The molecule has 5 atom stereocenters. The lowest BCUT2D eigenvalue weighted by Gasteiger charge is -2.39. The third-order valence-corrected chi connectivity index (χ3v) is 8.65. The van der Waals surface area contributed by atoms with E-state index >= 15 is 0 Å². The van der Waals surface area contributed by atoms with Crippen molar-refractivity contribution >= 4 is 27.7 Å². The molecule has 0 radical (unpaired) electrons. The highest BCUT2D eigenvalue weighted by atomic mass is 16.5. The number of benzene rings is 2. The smallest absolute Gasteiger partial charge is 0.228 e. The Morgan fingerprint density at radius 3 is 2.44 bits per heavy atom. The molecule has 2 N–H and O–H groups in total. The zero-order valence-electron chi connectivity index (χ0n) is 19.8. The van der Waals surface area contributed by atoms with E-state index in [4.69, 9.17) is 4.74 Å². The molecule has 0 spiro atoms. The molecule has 0 saturated carbocycles. The zero-order valence-corrected chi connectivity index (χ0v) is 19.8. The quantitative estimate of drug-likeness (QED) is 0.484. The van der Waals surface area contributed by atoms with Gasteiger partial charge in [-0.3, -0.25) is 4.79 Å². The Morgan fingerprint density at radius 1 is 1.03 bits per heavy atom. The lowest BCUT2D eigenvalue weighted by molar-refractivity contribution is -0.120. The molecule has 1 saturated heterocycles. The summed E-state index contributed by atoms with van der Waals surface area (Å²) in [6.07, 6.45) is 0.899. The molecule has 0 bridgehead atoms. The first-order valence-corrected chi connectivity index (χ1v) is 12.4. The Labute approximate surface area is 198 Å². The van der Waals surface area contributed by atoms with Crippen LogP contribution in [0.4, 0.5) is 0 Å². The summed E-state index contributed by atoms with van der Waals surface area (Å²) in [5, 5.41) is 9.27. The minimum atomic E-state index is -0.164. The molecule has 2 aliphatic heterocycles. The highest BCUT2D eigenvalue weighted by Gasteiger charge is 2.49. The summed E-state index contributed by atoms with van der Waals surface area (Å²) in [7, 11) is 3.89. The Hall–Kier alpha value is -3.09. The van der Waals surface area contributed by atoms with E-state index in [0.717, 1.165) is 13.0 Å². The second-order valence-electron chi connectivity index (χ2n) is 9.96. The summed E-state index contributed by atoms with van der Waals surface area (Å²) in [4.78, 5) is 13.3. The van der Waals surface area contributed by atoms with Gasteiger partial charge in [0.2, 0.25) is 5.91 Å². The van der Waals surface area contributed by atoms with E-state index in [9.17, 15) is 4.79 Å². The number of carbonyl (C=O) groups is 1. The van der Waals surface area contributed by atoms with Gasteiger partial charge in [0.05, 0.1) is 22.8 Å². The number of nitrogens with one attached hydrogen (secondary N) is 2. The van der Waals surface area contributed by atoms with Crippen molar-refractivity contribution in [3.05, 3.63) is 59.7 Å². The summed E-state index contributed by atoms with van der Waals surface area (Å²) >= 11 is 0. The number of carbonyl (C=O) groups excluding carboxylic acids is 1. The average Bonchev–Trinajstić information content (AvgIpc) is 3.50. The van der Waals surface area contributed by atoms with Crippen molar-refractivity contribution in [1.29, 1.82) is 0 Å². The summed E-state index contributed by atoms with van der Waals surface area (Å²) in [5.74, 6) is 0.392. The molecule has 4 heterocycles. The van der Waals surface area contributed by atoms with E-state index in [-0.39, 0.29) is 35.9 Å². The monoisotopic (exact) mass is 454 g/mol. The van der Waals surface area contributed by atoms with Gasteiger partial charge >= 0.3 is 0 Å². The number of para-hydroxylation sites is 2. The normalized spacial score (nSPS) is 27.4. The highest BCUT2D eigenvalue weighted by Crippen LogP contribution is 2.57. The van der Waals surface area contributed by atoms with Crippen LogP contribution in [0, 0.1) is 5.92 Å². The van der Waals surface area contributed by atoms with Gasteiger partial charge in [0.1, 0.15) is 6.23 Å².